The van der Waals surface area contributed by atoms with E-state index in [4.69, 9.17) is 4.99 Å². The Morgan fingerprint density at radius 3 is 1.48 bits per heavy atom. The predicted molar refractivity (Wildman–Crippen MR) is 314 cm³/mol. The van der Waals surface area contributed by atoms with Crippen LogP contribution in [0.25, 0.3) is 88.5 Å². The van der Waals surface area contributed by atoms with E-state index in [1.807, 2.05) is 0 Å². The molecule has 2 aliphatic carbocycles. The number of allylic oxidation sites excluding steroid dienone is 3. The zero-order valence-electron chi connectivity index (χ0n) is 42.3. The summed E-state index contributed by atoms with van der Waals surface area (Å²) in [6, 6.07) is 88.3. The minimum Gasteiger partial charge on any atom is -0.309 e. The molecule has 1 spiro atoms. The van der Waals surface area contributed by atoms with Crippen molar-refractivity contribution >= 4 is 60.6 Å². The summed E-state index contributed by atoms with van der Waals surface area (Å²) in [7, 11) is 0. The van der Waals surface area contributed by atoms with Gasteiger partial charge in [-0.2, -0.15) is 0 Å². The SMILES string of the molecule is CCC1=C(c2cccc(-n3c4ccccc4c4ccccc43)c2)N=C(c2cccc(-n3c4ccccc4c4cc5c(cc43)C3(c4ccccc4-c4ccccc43)c3ccccc3-5)c2)C(C)/C(C)=C(/c2ccccc2)C1. The van der Waals surface area contributed by atoms with Crippen molar-refractivity contribution in [3.8, 4) is 33.6 Å². The Bertz CT molecular complexity index is 4360. The van der Waals surface area contributed by atoms with Gasteiger partial charge in [0.15, 0.2) is 0 Å². The van der Waals surface area contributed by atoms with Crippen LogP contribution in [0.3, 0.4) is 0 Å². The van der Waals surface area contributed by atoms with Crippen molar-refractivity contribution in [2.75, 3.05) is 0 Å². The number of benzene rings is 10. The van der Waals surface area contributed by atoms with Crippen molar-refractivity contribution in [3.05, 3.63) is 287 Å². The van der Waals surface area contributed by atoms with Crippen LogP contribution in [0.2, 0.25) is 0 Å². The Morgan fingerprint density at radius 2 is 0.893 bits per heavy atom. The summed E-state index contributed by atoms with van der Waals surface area (Å²) in [5.41, 5.74) is 26.9. The lowest BCUT2D eigenvalue weighted by atomic mass is 9.70. The molecule has 0 bridgehead atoms. The smallest absolute Gasteiger partial charge is 0.0726 e. The van der Waals surface area contributed by atoms with E-state index in [0.29, 0.717) is 0 Å². The normalized spacial score (nSPS) is 16.6. The second-order valence-electron chi connectivity index (χ2n) is 20.9. The third-order valence-corrected chi connectivity index (χ3v) is 17.2. The molecule has 0 saturated heterocycles. The van der Waals surface area contributed by atoms with Gasteiger partial charge in [-0.15, -0.1) is 0 Å². The molecule has 356 valence electrons. The molecular weight excluding hydrogens is 907 g/mol. The van der Waals surface area contributed by atoms with Crippen LogP contribution in [0.15, 0.2) is 253 Å². The van der Waals surface area contributed by atoms with Crippen LogP contribution < -0.4 is 0 Å². The van der Waals surface area contributed by atoms with Crippen LogP contribution in [0, 0.1) is 5.92 Å². The van der Waals surface area contributed by atoms with Crippen LogP contribution in [-0.2, 0) is 5.41 Å². The van der Waals surface area contributed by atoms with Crippen molar-refractivity contribution in [2.24, 2.45) is 10.9 Å². The number of aliphatic imine (C=N–C) groups is 1. The number of hydrogen-bond acceptors (Lipinski definition) is 1. The number of hydrogen-bond donors (Lipinski definition) is 0. The largest absolute Gasteiger partial charge is 0.309 e. The van der Waals surface area contributed by atoms with Crippen LogP contribution in [-0.4, -0.2) is 14.8 Å². The topological polar surface area (TPSA) is 22.2 Å². The maximum atomic E-state index is 5.99. The highest BCUT2D eigenvalue weighted by molar-refractivity contribution is 6.14. The Hall–Kier alpha value is -9.05. The maximum Gasteiger partial charge on any atom is 0.0726 e. The molecule has 0 fully saturated rings. The highest BCUT2D eigenvalue weighted by Crippen LogP contribution is 2.63. The lowest BCUT2D eigenvalue weighted by Gasteiger charge is -2.30. The number of aromatic nitrogens is 2. The molecule has 3 heterocycles. The Kier molecular flexibility index (Phi) is 9.72. The number of para-hydroxylation sites is 3. The minimum atomic E-state index is -0.446. The van der Waals surface area contributed by atoms with Crippen LogP contribution in [0.5, 0.6) is 0 Å². The van der Waals surface area contributed by atoms with E-state index >= 15 is 0 Å². The van der Waals surface area contributed by atoms with Gasteiger partial charge < -0.3 is 9.13 Å². The zero-order valence-corrected chi connectivity index (χ0v) is 42.3. The van der Waals surface area contributed by atoms with E-state index in [-0.39, 0.29) is 5.92 Å². The Labute approximate surface area is 437 Å². The molecule has 10 aromatic carbocycles. The van der Waals surface area contributed by atoms with Crippen LogP contribution in [0.1, 0.15) is 72.6 Å². The third kappa shape index (κ3) is 6.25. The molecule has 3 aliphatic rings. The summed E-state index contributed by atoms with van der Waals surface area (Å²) in [6.45, 7) is 7.01. The molecule has 1 atom stereocenters. The number of rotatable bonds is 6. The van der Waals surface area contributed by atoms with Crippen molar-refractivity contribution in [3.63, 3.8) is 0 Å². The summed E-state index contributed by atoms with van der Waals surface area (Å²) in [5, 5.41) is 5.01. The molecule has 0 N–H and O–H groups in total. The van der Waals surface area contributed by atoms with Gasteiger partial charge in [-0.05, 0) is 141 Å². The van der Waals surface area contributed by atoms with Gasteiger partial charge in [0.1, 0.15) is 0 Å². The van der Waals surface area contributed by atoms with Gasteiger partial charge in [0, 0.05) is 44.4 Å². The average molecular weight is 960 g/mol. The molecular formula is C72H53N3. The molecule has 3 nitrogen and oxygen atoms in total. The molecule has 15 rings (SSSR count). The van der Waals surface area contributed by atoms with Crippen LogP contribution in [0.4, 0.5) is 0 Å². The Balaban J connectivity index is 0.951. The molecule has 0 saturated carbocycles. The molecule has 1 aliphatic heterocycles. The Morgan fingerprint density at radius 1 is 0.427 bits per heavy atom. The fourth-order valence-electron chi connectivity index (χ4n) is 13.7. The molecule has 2 aromatic heterocycles. The van der Waals surface area contributed by atoms with Crippen molar-refractivity contribution < 1.29 is 0 Å². The van der Waals surface area contributed by atoms with E-state index in [9.17, 15) is 0 Å². The summed E-state index contributed by atoms with van der Waals surface area (Å²) in [4.78, 5) is 5.99. The van der Waals surface area contributed by atoms with E-state index in [1.165, 1.54) is 110 Å². The van der Waals surface area contributed by atoms with Crippen LogP contribution >= 0.6 is 0 Å². The molecule has 0 amide bonds. The average Bonchev–Trinajstić information content (AvgIpc) is 4.28. The fourth-order valence-corrected chi connectivity index (χ4v) is 13.7. The molecule has 3 heteroatoms. The lowest BCUT2D eigenvalue weighted by molar-refractivity contribution is 0.794. The highest BCUT2D eigenvalue weighted by atomic mass is 15.0. The molecule has 0 radical (unpaired) electrons. The second kappa shape index (κ2) is 16.7. The summed E-state index contributed by atoms with van der Waals surface area (Å²) < 4.78 is 4.94. The van der Waals surface area contributed by atoms with Gasteiger partial charge in [0.05, 0.1) is 38.9 Å². The fraction of sp³-hybridized carbons (Fsp3) is 0.0972. The molecule has 75 heavy (non-hydrogen) atoms. The van der Waals surface area contributed by atoms with Gasteiger partial charge in [-0.25, -0.2) is 0 Å². The highest BCUT2D eigenvalue weighted by Gasteiger charge is 2.51. The third-order valence-electron chi connectivity index (χ3n) is 17.2. The first-order valence-electron chi connectivity index (χ1n) is 26.6. The summed E-state index contributed by atoms with van der Waals surface area (Å²) in [6.07, 6.45) is 1.70. The standard InChI is InChI=1S/C72H53N3/c1-4-47-42-59(48-22-6-5-7-23-48)45(2)46(3)70(73-71(47)50-25-21-26-51(41-50)74-66-37-17-11-31-56(66)57-32-12-18-38-67(57)74)49-24-20-27-52(40-49)75-68-39-19-13-33-58(68)61-43-60-55-30-10-16-36-64(55)72(65(60)44-69(61)75)62-34-14-8-28-53(62)54-29-9-15-35-63(54)72/h5-41,43-44,46H,4,42H2,1-3H3/b59-45+,71-47?,73-70?. The predicted octanol–water partition coefficient (Wildman–Crippen LogP) is 18.3. The first-order chi connectivity index (χ1) is 37.0. The first kappa shape index (κ1) is 43.5. The lowest BCUT2D eigenvalue weighted by Crippen LogP contribution is -2.25. The zero-order chi connectivity index (χ0) is 49.9. The molecule has 12 aromatic rings. The second-order valence-corrected chi connectivity index (χ2v) is 20.9. The quantitative estimate of drug-likeness (QED) is 0.158. The van der Waals surface area contributed by atoms with E-state index in [2.05, 4.69) is 266 Å². The van der Waals surface area contributed by atoms with E-state index in [0.717, 1.165) is 46.8 Å². The number of fused-ring (bicyclic) bond motifs is 16. The maximum absolute atomic E-state index is 5.99. The van der Waals surface area contributed by atoms with Gasteiger partial charge in [-0.3, -0.25) is 4.99 Å². The van der Waals surface area contributed by atoms with Gasteiger partial charge in [-0.1, -0.05) is 201 Å². The summed E-state index contributed by atoms with van der Waals surface area (Å²) >= 11 is 0. The van der Waals surface area contributed by atoms with Crippen molar-refractivity contribution in [1.29, 1.82) is 0 Å². The van der Waals surface area contributed by atoms with Crippen molar-refractivity contribution in [2.45, 2.75) is 39.0 Å². The van der Waals surface area contributed by atoms with Gasteiger partial charge >= 0.3 is 0 Å². The van der Waals surface area contributed by atoms with E-state index < -0.39 is 5.41 Å². The molecule has 1 unspecified atom stereocenters. The first-order valence-corrected chi connectivity index (χ1v) is 26.6. The monoisotopic (exact) mass is 959 g/mol. The van der Waals surface area contributed by atoms with Gasteiger partial charge in [0.25, 0.3) is 0 Å². The van der Waals surface area contributed by atoms with Gasteiger partial charge in [0.2, 0.25) is 0 Å². The number of nitrogens with zero attached hydrogens (tertiary/aromatic N) is 3. The minimum absolute atomic E-state index is 0.0201. The van der Waals surface area contributed by atoms with Crippen molar-refractivity contribution in [1.82, 2.24) is 9.13 Å². The van der Waals surface area contributed by atoms with E-state index in [1.54, 1.807) is 0 Å². The summed E-state index contributed by atoms with van der Waals surface area (Å²) in [5.74, 6) is 0.0201.